The summed E-state index contributed by atoms with van der Waals surface area (Å²) in [5, 5.41) is 19.5. The minimum absolute atomic E-state index is 0.0596. The average Bonchev–Trinajstić information content (AvgIpc) is 3.34. The smallest absolute Gasteiger partial charge is 0.255 e. The average molecular weight is 992 g/mol. The molecule has 3 aromatic carbocycles. The molecule has 19 nitrogen and oxygen atoms in total. The molecule has 1 aliphatic rings. The number of nitrogens with two attached hydrogens (primary N) is 3. The second-order valence-corrected chi connectivity index (χ2v) is 16.4. The van der Waals surface area contributed by atoms with Crippen LogP contribution >= 0.6 is 0 Å². The molecule has 2 heterocycles. The number of nitriles is 1. The molecule has 4 atom stereocenters. The number of aryl methyl sites for hydroxylation is 2. The number of halogens is 4. The van der Waals surface area contributed by atoms with E-state index in [2.05, 4.69) is 31.2 Å². The first-order valence-corrected chi connectivity index (χ1v) is 22.7. The van der Waals surface area contributed by atoms with Gasteiger partial charge in [0.15, 0.2) is 23.2 Å². The maximum atomic E-state index is 15.4. The van der Waals surface area contributed by atoms with Crippen molar-refractivity contribution in [2.24, 2.45) is 17.2 Å². The van der Waals surface area contributed by atoms with Gasteiger partial charge < -0.3 is 57.6 Å². The van der Waals surface area contributed by atoms with Crippen molar-refractivity contribution in [3.8, 4) is 45.8 Å². The van der Waals surface area contributed by atoms with Crippen molar-refractivity contribution in [2.75, 3.05) is 53.0 Å². The van der Waals surface area contributed by atoms with Crippen LogP contribution < -0.4 is 52.7 Å². The summed E-state index contributed by atoms with van der Waals surface area (Å²) >= 11 is 0. The number of unbranched alkanes of at least 4 members (excludes halogenated alkanes) is 1. The van der Waals surface area contributed by atoms with E-state index in [1.165, 1.54) is 33.9 Å². The maximum absolute atomic E-state index is 15.4. The first-order valence-electron chi connectivity index (χ1n) is 22.7. The molecule has 4 bridgehead atoms. The Kier molecular flexibility index (Phi) is 19.1. The lowest BCUT2D eigenvalue weighted by atomic mass is 9.93. The van der Waals surface area contributed by atoms with Gasteiger partial charge in [-0.25, -0.2) is 18.7 Å². The Morgan fingerprint density at radius 2 is 1.46 bits per heavy atom. The lowest BCUT2D eigenvalue weighted by Gasteiger charge is -2.32. The fraction of sp³-hybridized carbons (Fsp3) is 0.417. The molecular weight excluding hydrogens is 935 g/mol. The van der Waals surface area contributed by atoms with E-state index in [4.69, 9.17) is 36.7 Å². The zero-order chi connectivity index (χ0) is 52.1. The molecule has 71 heavy (non-hydrogen) atoms. The molecule has 5 rings (SSSR count). The normalized spacial score (nSPS) is 16.1. The number of likely N-dealkylation sites (N-methyl/N-ethyl adjacent to an activating group) is 1. The van der Waals surface area contributed by atoms with Crippen LogP contribution in [0.15, 0.2) is 36.4 Å². The van der Waals surface area contributed by atoms with Crippen LogP contribution in [0.5, 0.6) is 17.2 Å². The highest BCUT2D eigenvalue weighted by atomic mass is 19.2. The minimum atomic E-state index is -1.82. The van der Waals surface area contributed by atoms with Crippen LogP contribution in [0.25, 0.3) is 22.5 Å². The van der Waals surface area contributed by atoms with E-state index in [-0.39, 0.29) is 81.4 Å². The highest BCUT2D eigenvalue weighted by molar-refractivity contribution is 6.00. The third-order valence-electron chi connectivity index (χ3n) is 11.3. The molecule has 4 aromatic rings. The zero-order valence-electron chi connectivity index (χ0n) is 39.9. The second kappa shape index (κ2) is 24.9. The van der Waals surface area contributed by atoms with Crippen LogP contribution in [0.2, 0.25) is 0 Å². The van der Waals surface area contributed by atoms with Crippen LogP contribution in [0.3, 0.4) is 0 Å². The minimum Gasteiger partial charge on any atom is -0.492 e. The summed E-state index contributed by atoms with van der Waals surface area (Å²) < 4.78 is 78.0. The van der Waals surface area contributed by atoms with Gasteiger partial charge in [0.1, 0.15) is 55.4 Å². The van der Waals surface area contributed by atoms with E-state index in [1.54, 1.807) is 37.3 Å². The lowest BCUT2D eigenvalue weighted by Crippen LogP contribution is -2.56. The second-order valence-electron chi connectivity index (χ2n) is 16.4. The van der Waals surface area contributed by atoms with Gasteiger partial charge in [-0.2, -0.15) is 14.0 Å². The number of ether oxygens (including phenoxy) is 3. The Labute approximate surface area is 407 Å². The standard InChI is InChI=1S/C48H57F4N11O8/c1-6-7-18-71-42-39(51)37(49)36(38(50)40(42)52)43-58-24(2)35(25(3)59-43)46(66)61-31(12-13-53)48(68)63(5)41-28-9-11-34(70-20-16-56)30(23-28)29-21-27(8-10-33(29)69-19-15-55)22-32(45(65)57-17-14-54)62-44(64)26(4)60-47(41)67/h8-11,21,23,26,31-32,41H,6-7,12-13,15-20,22,53,55-56H2,1-5H3,(H,57,65)(H,60,67)(H,61,66)(H,62,64)/t26-,31?,32-,41-/m0/s1. The number of carbonyl (C=O) groups excluding carboxylic acids is 5. The van der Waals surface area contributed by atoms with Crippen molar-refractivity contribution in [3.05, 3.63) is 87.7 Å². The molecule has 0 fully saturated rings. The number of aromatic nitrogens is 2. The molecule has 1 unspecified atom stereocenters. The van der Waals surface area contributed by atoms with E-state index in [0.29, 0.717) is 41.0 Å². The molecule has 0 radical (unpaired) electrons. The van der Waals surface area contributed by atoms with Gasteiger partial charge >= 0.3 is 0 Å². The van der Waals surface area contributed by atoms with Gasteiger partial charge in [0.2, 0.25) is 35.3 Å². The number of hydrogen-bond donors (Lipinski definition) is 7. The van der Waals surface area contributed by atoms with E-state index in [0.717, 1.165) is 4.90 Å². The van der Waals surface area contributed by atoms with Gasteiger partial charge in [-0.1, -0.05) is 25.5 Å². The molecule has 0 aliphatic carbocycles. The predicted octanol–water partition coefficient (Wildman–Crippen LogP) is 2.67. The first kappa shape index (κ1) is 54.5. The van der Waals surface area contributed by atoms with Crippen molar-refractivity contribution in [1.82, 2.24) is 36.1 Å². The van der Waals surface area contributed by atoms with Gasteiger partial charge in [-0.15, -0.1) is 0 Å². The maximum Gasteiger partial charge on any atom is 0.255 e. The molecule has 23 heteroatoms. The van der Waals surface area contributed by atoms with E-state index >= 15 is 17.6 Å². The van der Waals surface area contributed by atoms with Crippen molar-refractivity contribution in [3.63, 3.8) is 0 Å². The van der Waals surface area contributed by atoms with Gasteiger partial charge in [-0.3, -0.25) is 24.0 Å². The number of hydrogen-bond acceptors (Lipinski definition) is 14. The van der Waals surface area contributed by atoms with Crippen LogP contribution in [-0.2, 0) is 25.6 Å². The molecule has 5 amide bonds. The topological polar surface area (TPSA) is 292 Å². The Balaban J connectivity index is 1.57. The number of carbonyl (C=O) groups is 5. The van der Waals surface area contributed by atoms with Crippen molar-refractivity contribution < 1.29 is 55.7 Å². The summed E-state index contributed by atoms with van der Waals surface area (Å²) in [7, 11) is 1.29. The van der Waals surface area contributed by atoms with E-state index < -0.39 is 94.1 Å². The third kappa shape index (κ3) is 12.7. The number of nitrogens with zero attached hydrogens (tertiary/aromatic N) is 4. The molecule has 1 aliphatic heterocycles. The SMILES string of the molecule is CCCCOc1c(F)c(F)c(-c2nc(C)c(C(=O)NC(CCN)C(=O)N(C)[C@@H]3C(=O)N[C@@H](C)C(=O)N[C@H](C(=O)NCC#N)Cc4ccc(OCCN)c(c4)-c4cc3ccc4OCCN)c(C)n2)c(F)c1F. The Morgan fingerprint density at radius 3 is 2.04 bits per heavy atom. The third-order valence-corrected chi connectivity index (χ3v) is 11.3. The summed E-state index contributed by atoms with van der Waals surface area (Å²) in [6.45, 7) is 5.40. The first-order chi connectivity index (χ1) is 33.9. The summed E-state index contributed by atoms with van der Waals surface area (Å²) in [6.07, 6.45) is 0.687. The zero-order valence-corrected chi connectivity index (χ0v) is 39.9. The highest BCUT2D eigenvalue weighted by Gasteiger charge is 2.37. The van der Waals surface area contributed by atoms with Gasteiger partial charge in [0, 0.05) is 37.7 Å². The van der Waals surface area contributed by atoms with Crippen LogP contribution in [0.1, 0.15) is 72.0 Å². The summed E-state index contributed by atoms with van der Waals surface area (Å²) in [4.78, 5) is 79.6. The monoisotopic (exact) mass is 991 g/mol. The van der Waals surface area contributed by atoms with Crippen molar-refractivity contribution in [1.29, 1.82) is 5.26 Å². The van der Waals surface area contributed by atoms with E-state index in [9.17, 15) is 24.0 Å². The van der Waals surface area contributed by atoms with Gasteiger partial charge in [-0.05, 0) is 75.5 Å². The van der Waals surface area contributed by atoms with Crippen LogP contribution in [0.4, 0.5) is 17.6 Å². The molecule has 0 saturated carbocycles. The van der Waals surface area contributed by atoms with E-state index in [1.807, 2.05) is 6.07 Å². The van der Waals surface area contributed by atoms with Crippen LogP contribution in [-0.4, -0.2) is 116 Å². The number of nitrogens with one attached hydrogen (secondary N) is 4. The molecule has 0 spiro atoms. The molecule has 1 aromatic heterocycles. The van der Waals surface area contributed by atoms with Gasteiger partial charge in [0.05, 0.1) is 35.2 Å². The fourth-order valence-corrected chi connectivity index (χ4v) is 7.77. The van der Waals surface area contributed by atoms with Crippen molar-refractivity contribution in [2.45, 2.75) is 77.5 Å². The Hall–Kier alpha value is -7.42. The highest BCUT2D eigenvalue weighted by Crippen LogP contribution is 2.41. The molecule has 10 N–H and O–H groups in total. The number of rotatable bonds is 19. The Bertz CT molecular complexity index is 2640. The predicted molar refractivity (Wildman–Crippen MR) is 250 cm³/mol. The lowest BCUT2D eigenvalue weighted by molar-refractivity contribution is -0.141. The van der Waals surface area contributed by atoms with Crippen LogP contribution in [0, 0.1) is 48.4 Å². The summed E-state index contributed by atoms with van der Waals surface area (Å²) in [6, 6.07) is 5.97. The van der Waals surface area contributed by atoms with Crippen molar-refractivity contribution >= 4 is 29.5 Å². The molecule has 380 valence electrons. The number of benzene rings is 3. The number of amides is 5. The van der Waals surface area contributed by atoms with Gasteiger partial charge in [0.25, 0.3) is 5.91 Å². The fourth-order valence-electron chi connectivity index (χ4n) is 7.77. The number of fused-ring (bicyclic) bond motifs is 5. The molecular formula is C48H57F4N11O8. The quantitative estimate of drug-likeness (QED) is 0.0308. The summed E-state index contributed by atoms with van der Waals surface area (Å²) in [5.41, 5.74) is 17.2. The summed E-state index contributed by atoms with van der Waals surface area (Å²) in [5.74, 6) is -12.8. The molecule has 0 saturated heterocycles. The Morgan fingerprint density at radius 1 is 0.859 bits per heavy atom. The largest absolute Gasteiger partial charge is 0.492 e.